The minimum atomic E-state index is -0.235. The molecule has 2 aromatic carbocycles. The third-order valence-electron chi connectivity index (χ3n) is 5.92. The topological polar surface area (TPSA) is 73.5 Å². The van der Waals surface area contributed by atoms with E-state index in [1.165, 1.54) is 6.08 Å². The highest BCUT2D eigenvalue weighted by Gasteiger charge is 2.20. The fourth-order valence-corrected chi connectivity index (χ4v) is 4.53. The van der Waals surface area contributed by atoms with Crippen LogP contribution in [0.4, 0.5) is 10.5 Å². The Labute approximate surface area is 232 Å². The van der Waals surface area contributed by atoms with Crippen LogP contribution in [0, 0.1) is 0 Å². The minimum absolute atomic E-state index is 0.126. The number of urea groups is 1. The summed E-state index contributed by atoms with van der Waals surface area (Å²) in [6, 6.07) is 10.2. The summed E-state index contributed by atoms with van der Waals surface area (Å²) in [4.78, 5) is 26.7. The Morgan fingerprint density at radius 2 is 1.58 bits per heavy atom. The van der Waals surface area contributed by atoms with Gasteiger partial charge >= 0.3 is 6.03 Å². The van der Waals surface area contributed by atoms with E-state index in [-0.39, 0.29) is 18.0 Å². The van der Waals surface area contributed by atoms with E-state index in [0.717, 1.165) is 57.3 Å². The van der Waals surface area contributed by atoms with Gasteiger partial charge in [0.1, 0.15) is 0 Å². The van der Waals surface area contributed by atoms with E-state index >= 15 is 0 Å². The zero-order valence-corrected chi connectivity index (χ0v) is 22.9. The molecule has 0 aromatic heterocycles. The summed E-state index contributed by atoms with van der Waals surface area (Å²) in [5, 5.41) is 10.5. The maximum Gasteiger partial charge on any atom is 0.319 e. The first-order chi connectivity index (χ1) is 17.3. The van der Waals surface area contributed by atoms with Gasteiger partial charge in [-0.3, -0.25) is 4.79 Å². The highest BCUT2D eigenvalue weighted by Crippen LogP contribution is 2.25. The number of carbonyl (C=O) groups is 2. The molecule has 0 radical (unpaired) electrons. The van der Waals surface area contributed by atoms with Crippen molar-refractivity contribution < 1.29 is 9.59 Å². The van der Waals surface area contributed by atoms with Gasteiger partial charge in [0, 0.05) is 37.4 Å². The molecule has 6 nitrogen and oxygen atoms in total. The van der Waals surface area contributed by atoms with Crippen molar-refractivity contribution in [3.63, 3.8) is 0 Å². The van der Waals surface area contributed by atoms with Crippen molar-refractivity contribution in [3.05, 3.63) is 68.1 Å². The fraction of sp³-hybridized carbons (Fsp3) is 0.385. The summed E-state index contributed by atoms with van der Waals surface area (Å²) in [5.41, 5.74) is 1.43. The molecule has 2 aromatic rings. The monoisotopic (exact) mass is 570 g/mol. The lowest BCUT2D eigenvalue weighted by molar-refractivity contribution is -0.116. The molecule has 0 bridgehead atoms. The Kier molecular flexibility index (Phi) is 11.7. The third-order valence-corrected chi connectivity index (χ3v) is 7.40. The van der Waals surface area contributed by atoms with E-state index in [0.29, 0.717) is 32.3 Å². The van der Waals surface area contributed by atoms with Gasteiger partial charge in [-0.2, -0.15) is 0 Å². The van der Waals surface area contributed by atoms with Crippen molar-refractivity contribution in [2.24, 2.45) is 0 Å². The normalized spacial score (nSPS) is 14.7. The minimum Gasteiger partial charge on any atom is -0.353 e. The molecule has 1 aliphatic heterocycles. The summed E-state index contributed by atoms with van der Waals surface area (Å²) < 4.78 is 0. The van der Waals surface area contributed by atoms with Crippen LogP contribution in [-0.2, 0) is 4.79 Å². The Morgan fingerprint density at radius 1 is 0.889 bits per heavy atom. The van der Waals surface area contributed by atoms with Crippen LogP contribution in [0.2, 0.25) is 20.1 Å². The lowest BCUT2D eigenvalue weighted by Gasteiger charge is -2.32. The number of hydrogen-bond acceptors (Lipinski definition) is 3. The molecule has 3 N–H and O–H groups in total. The Morgan fingerprint density at radius 3 is 2.28 bits per heavy atom. The van der Waals surface area contributed by atoms with Crippen LogP contribution in [-0.4, -0.2) is 49.1 Å². The standard InChI is InChI=1S/C26H30Cl4N4O2/c27-21-7-4-18(16-23(21)29)5-9-25(35)31-12-2-1-3-13-34-14-10-19(11-15-34)32-26(36)33-20-6-8-22(28)24(30)17-20/h4-9,16-17,19H,1-3,10-15H2,(H,31,35)(H2,32,33,36)/b9-5+. The average Bonchev–Trinajstić information content (AvgIpc) is 2.85. The maximum atomic E-state index is 12.3. The fourth-order valence-electron chi connectivity index (χ4n) is 3.92. The molecule has 3 rings (SSSR count). The molecule has 0 atom stereocenters. The molecule has 1 aliphatic rings. The number of halogens is 4. The van der Waals surface area contributed by atoms with Gasteiger partial charge in [-0.1, -0.05) is 58.9 Å². The predicted molar refractivity (Wildman–Crippen MR) is 150 cm³/mol. The average molecular weight is 572 g/mol. The molecule has 1 heterocycles. The van der Waals surface area contributed by atoms with Crippen LogP contribution in [0.15, 0.2) is 42.5 Å². The van der Waals surface area contributed by atoms with Crippen molar-refractivity contribution in [1.82, 2.24) is 15.5 Å². The smallest absolute Gasteiger partial charge is 0.319 e. The number of nitrogens with zero attached hydrogens (tertiary/aromatic N) is 1. The summed E-state index contributed by atoms with van der Waals surface area (Å²) >= 11 is 23.8. The van der Waals surface area contributed by atoms with Crippen molar-refractivity contribution in [2.45, 2.75) is 38.1 Å². The van der Waals surface area contributed by atoms with Gasteiger partial charge < -0.3 is 20.9 Å². The van der Waals surface area contributed by atoms with Crippen LogP contribution >= 0.6 is 46.4 Å². The van der Waals surface area contributed by atoms with Gasteiger partial charge in [0.25, 0.3) is 0 Å². The zero-order chi connectivity index (χ0) is 25.9. The van der Waals surface area contributed by atoms with E-state index in [4.69, 9.17) is 46.4 Å². The molecule has 1 fully saturated rings. The molecule has 194 valence electrons. The zero-order valence-electron chi connectivity index (χ0n) is 19.8. The molecular weight excluding hydrogens is 542 g/mol. The first-order valence-corrected chi connectivity index (χ1v) is 13.5. The lowest BCUT2D eigenvalue weighted by Crippen LogP contribution is -2.46. The van der Waals surface area contributed by atoms with Gasteiger partial charge in [-0.05, 0) is 74.2 Å². The predicted octanol–water partition coefficient (Wildman–Crippen LogP) is 6.89. The molecule has 3 amide bonds. The van der Waals surface area contributed by atoms with E-state index in [9.17, 15) is 9.59 Å². The van der Waals surface area contributed by atoms with Crippen LogP contribution in [0.5, 0.6) is 0 Å². The quantitative estimate of drug-likeness (QED) is 0.215. The first kappa shape index (κ1) is 28.6. The summed E-state index contributed by atoms with van der Waals surface area (Å²) in [5.74, 6) is -0.126. The second-order valence-electron chi connectivity index (χ2n) is 8.70. The third kappa shape index (κ3) is 9.83. The summed E-state index contributed by atoms with van der Waals surface area (Å²) in [7, 11) is 0. The number of piperidine rings is 1. The van der Waals surface area contributed by atoms with E-state index in [1.807, 2.05) is 6.07 Å². The molecular formula is C26H30Cl4N4O2. The van der Waals surface area contributed by atoms with Crippen molar-refractivity contribution in [1.29, 1.82) is 0 Å². The van der Waals surface area contributed by atoms with Gasteiger partial charge in [0.05, 0.1) is 20.1 Å². The molecule has 0 aliphatic carbocycles. The molecule has 0 saturated carbocycles. The maximum absolute atomic E-state index is 12.3. The number of nitrogens with one attached hydrogen (secondary N) is 3. The Hall–Kier alpha value is -1.96. The summed E-state index contributed by atoms with van der Waals surface area (Å²) in [6.07, 6.45) is 8.09. The number of amides is 3. The Bertz CT molecular complexity index is 1070. The molecule has 10 heteroatoms. The number of benzene rings is 2. The molecule has 0 unspecified atom stereocenters. The second kappa shape index (κ2) is 14.7. The largest absolute Gasteiger partial charge is 0.353 e. The SMILES string of the molecule is O=C(/C=C/c1ccc(Cl)c(Cl)c1)NCCCCCN1CCC(NC(=O)Nc2ccc(Cl)c(Cl)c2)CC1. The number of unbranched alkanes of at least 4 members (excludes halogenated alkanes) is 2. The number of likely N-dealkylation sites (tertiary alicyclic amines) is 1. The second-order valence-corrected chi connectivity index (χ2v) is 10.3. The van der Waals surface area contributed by atoms with Gasteiger partial charge in [0.15, 0.2) is 0 Å². The van der Waals surface area contributed by atoms with E-state index in [2.05, 4.69) is 20.9 Å². The molecule has 0 spiro atoms. The highest BCUT2D eigenvalue weighted by molar-refractivity contribution is 6.42. The van der Waals surface area contributed by atoms with Crippen molar-refractivity contribution in [3.8, 4) is 0 Å². The number of anilines is 1. The van der Waals surface area contributed by atoms with Gasteiger partial charge in [-0.15, -0.1) is 0 Å². The van der Waals surface area contributed by atoms with Crippen LogP contribution in [0.1, 0.15) is 37.7 Å². The van der Waals surface area contributed by atoms with Gasteiger partial charge in [-0.25, -0.2) is 4.79 Å². The molecule has 36 heavy (non-hydrogen) atoms. The van der Waals surface area contributed by atoms with Crippen molar-refractivity contribution >= 4 is 70.1 Å². The number of carbonyl (C=O) groups excluding carboxylic acids is 2. The summed E-state index contributed by atoms with van der Waals surface area (Å²) in [6.45, 7) is 3.57. The van der Waals surface area contributed by atoms with E-state index in [1.54, 1.807) is 36.4 Å². The van der Waals surface area contributed by atoms with Gasteiger partial charge in [0.2, 0.25) is 5.91 Å². The number of rotatable bonds is 10. The van der Waals surface area contributed by atoms with E-state index < -0.39 is 0 Å². The van der Waals surface area contributed by atoms with Crippen LogP contribution in [0.3, 0.4) is 0 Å². The number of hydrogen-bond donors (Lipinski definition) is 3. The van der Waals surface area contributed by atoms with Crippen LogP contribution in [0.25, 0.3) is 6.08 Å². The first-order valence-electron chi connectivity index (χ1n) is 12.0. The highest BCUT2D eigenvalue weighted by atomic mass is 35.5. The Balaban J connectivity index is 1.23. The van der Waals surface area contributed by atoms with Crippen molar-refractivity contribution in [2.75, 3.05) is 31.5 Å². The van der Waals surface area contributed by atoms with Crippen LogP contribution < -0.4 is 16.0 Å². The molecule has 1 saturated heterocycles. The lowest BCUT2D eigenvalue weighted by atomic mass is 10.0.